The summed E-state index contributed by atoms with van der Waals surface area (Å²) in [6.45, 7) is 9.91. The average molecular weight is 667 g/mol. The molecule has 248 valence electrons. The van der Waals surface area contributed by atoms with Gasteiger partial charge < -0.3 is 19.7 Å². The maximum absolute atomic E-state index is 13.6. The second kappa shape index (κ2) is 14.1. The number of amides is 1. The van der Waals surface area contributed by atoms with Crippen LogP contribution in [0.5, 0.6) is 0 Å². The molecule has 12 heteroatoms. The standard InChI is InChI=1S/C35H37F3N4O4S/c1-33(2,3)46-30(43)22-45-19-7-6-18-40-26-13-8-23(9-14-26)24-10-15-27(16-11-24)42-32(47)41(31(44)34(42,4)5)28-17-12-25(21-39)29(20-28)35(36,37)38/h8-17,20,40H,6-7,18-19,22H2,1-5H3. The molecule has 47 heavy (non-hydrogen) atoms. The van der Waals surface area contributed by atoms with Crippen molar-refractivity contribution in [3.05, 3.63) is 77.9 Å². The number of carbonyl (C=O) groups excluding carboxylic acids is 2. The molecule has 0 unspecified atom stereocenters. The summed E-state index contributed by atoms with van der Waals surface area (Å²) in [6.07, 6.45) is -3.12. The lowest BCUT2D eigenvalue weighted by Gasteiger charge is -2.29. The second-order valence-corrected chi connectivity index (χ2v) is 12.9. The molecule has 0 atom stereocenters. The van der Waals surface area contributed by atoms with Crippen LogP contribution in [0.2, 0.25) is 0 Å². The highest BCUT2D eigenvalue weighted by molar-refractivity contribution is 7.81. The molecule has 4 rings (SSSR count). The van der Waals surface area contributed by atoms with Gasteiger partial charge in [-0.25, -0.2) is 4.79 Å². The van der Waals surface area contributed by atoms with Gasteiger partial charge in [-0.3, -0.25) is 9.69 Å². The quantitative estimate of drug-likeness (QED) is 0.126. The van der Waals surface area contributed by atoms with Gasteiger partial charge in [-0.1, -0.05) is 24.3 Å². The topological polar surface area (TPSA) is 94.9 Å². The van der Waals surface area contributed by atoms with Crippen LogP contribution in [-0.4, -0.2) is 47.9 Å². The van der Waals surface area contributed by atoms with Crippen molar-refractivity contribution in [3.63, 3.8) is 0 Å². The SMILES string of the molecule is CC(C)(C)OC(=O)COCCCCNc1ccc(-c2ccc(N3C(=S)N(c4ccc(C#N)c(C(F)(F)F)c4)C(=O)C3(C)C)cc2)cc1. The van der Waals surface area contributed by atoms with Crippen LogP contribution in [0, 0.1) is 11.3 Å². The van der Waals surface area contributed by atoms with E-state index >= 15 is 0 Å². The molecule has 1 aliphatic heterocycles. The number of alkyl halides is 3. The van der Waals surface area contributed by atoms with E-state index in [1.54, 1.807) is 24.8 Å². The highest BCUT2D eigenvalue weighted by Crippen LogP contribution is 2.40. The van der Waals surface area contributed by atoms with E-state index in [1.165, 1.54) is 6.07 Å². The number of benzene rings is 3. The van der Waals surface area contributed by atoms with Gasteiger partial charge >= 0.3 is 12.1 Å². The molecule has 3 aromatic carbocycles. The van der Waals surface area contributed by atoms with Crippen LogP contribution >= 0.6 is 12.2 Å². The van der Waals surface area contributed by atoms with E-state index in [1.807, 2.05) is 69.3 Å². The fourth-order valence-corrected chi connectivity index (χ4v) is 5.65. The normalized spacial score (nSPS) is 14.7. The Kier molecular flexibility index (Phi) is 10.6. The summed E-state index contributed by atoms with van der Waals surface area (Å²) in [5.74, 6) is -0.859. The van der Waals surface area contributed by atoms with Gasteiger partial charge in [0.25, 0.3) is 5.91 Å². The van der Waals surface area contributed by atoms with Crippen molar-refractivity contribution in [1.29, 1.82) is 5.26 Å². The number of rotatable bonds is 11. The van der Waals surface area contributed by atoms with Crippen LogP contribution in [0.25, 0.3) is 11.1 Å². The third kappa shape index (κ3) is 8.47. The van der Waals surface area contributed by atoms with Gasteiger partial charge in [-0.15, -0.1) is 0 Å². The first-order valence-corrected chi connectivity index (χ1v) is 15.5. The van der Waals surface area contributed by atoms with Crippen LogP contribution in [0.3, 0.4) is 0 Å². The van der Waals surface area contributed by atoms with Crippen molar-refractivity contribution in [2.45, 2.75) is 64.8 Å². The van der Waals surface area contributed by atoms with Gasteiger partial charge in [0.2, 0.25) is 0 Å². The van der Waals surface area contributed by atoms with E-state index in [9.17, 15) is 22.8 Å². The molecule has 8 nitrogen and oxygen atoms in total. The molecule has 1 aliphatic rings. The van der Waals surface area contributed by atoms with Crippen molar-refractivity contribution in [2.75, 3.05) is 34.9 Å². The molecule has 1 amide bonds. The Balaban J connectivity index is 1.36. The van der Waals surface area contributed by atoms with Crippen LogP contribution in [-0.2, 0) is 25.2 Å². The maximum Gasteiger partial charge on any atom is 0.417 e. The minimum atomic E-state index is -4.77. The molecule has 1 heterocycles. The van der Waals surface area contributed by atoms with Gasteiger partial charge in [0.1, 0.15) is 17.7 Å². The van der Waals surface area contributed by atoms with Gasteiger partial charge in [-0.2, -0.15) is 18.4 Å². The first kappa shape index (κ1) is 35.4. The average Bonchev–Trinajstić information content (AvgIpc) is 3.18. The number of unbranched alkanes of at least 4 members (excludes halogenated alkanes) is 1. The van der Waals surface area contributed by atoms with Crippen LogP contribution in [0.15, 0.2) is 66.7 Å². The zero-order valence-electron chi connectivity index (χ0n) is 26.9. The molecule has 0 saturated carbocycles. The summed E-state index contributed by atoms with van der Waals surface area (Å²) in [5, 5.41) is 12.6. The van der Waals surface area contributed by atoms with Crippen LogP contribution in [0.1, 0.15) is 58.6 Å². The van der Waals surface area contributed by atoms with E-state index in [-0.39, 0.29) is 23.4 Å². The smallest absolute Gasteiger partial charge is 0.417 e. The van der Waals surface area contributed by atoms with Gasteiger partial charge in [0, 0.05) is 24.5 Å². The van der Waals surface area contributed by atoms with Crippen LogP contribution in [0.4, 0.5) is 30.2 Å². The Hall–Kier alpha value is -4.47. The van der Waals surface area contributed by atoms with E-state index in [0.717, 1.165) is 53.2 Å². The molecule has 0 bridgehead atoms. The number of thiocarbonyl (C=S) groups is 1. The van der Waals surface area contributed by atoms with E-state index in [0.29, 0.717) is 12.3 Å². The number of hydrogen-bond donors (Lipinski definition) is 1. The fraction of sp³-hybridized carbons (Fsp3) is 0.371. The van der Waals surface area contributed by atoms with Crippen LogP contribution < -0.4 is 15.1 Å². The summed E-state index contributed by atoms with van der Waals surface area (Å²) in [7, 11) is 0. The number of nitrogens with one attached hydrogen (secondary N) is 1. The van der Waals surface area contributed by atoms with Crippen molar-refractivity contribution in [2.24, 2.45) is 0 Å². The molecule has 0 radical (unpaired) electrons. The minimum Gasteiger partial charge on any atom is -0.458 e. The minimum absolute atomic E-state index is 0.0376. The third-order valence-electron chi connectivity index (χ3n) is 7.38. The van der Waals surface area contributed by atoms with Crippen molar-refractivity contribution < 1.29 is 32.2 Å². The molecule has 1 saturated heterocycles. The highest BCUT2D eigenvalue weighted by atomic mass is 32.1. The summed E-state index contributed by atoms with van der Waals surface area (Å²) < 4.78 is 51.5. The Bertz CT molecular complexity index is 1660. The number of anilines is 3. The van der Waals surface area contributed by atoms with Gasteiger partial charge in [-0.05, 0) is 113 Å². The summed E-state index contributed by atoms with van der Waals surface area (Å²) in [4.78, 5) is 27.9. The summed E-state index contributed by atoms with van der Waals surface area (Å²) in [6, 6.07) is 20.0. The zero-order valence-corrected chi connectivity index (χ0v) is 27.7. The number of nitriles is 1. The zero-order chi connectivity index (χ0) is 34.6. The summed E-state index contributed by atoms with van der Waals surface area (Å²) >= 11 is 5.63. The largest absolute Gasteiger partial charge is 0.458 e. The predicted octanol–water partition coefficient (Wildman–Crippen LogP) is 7.71. The van der Waals surface area contributed by atoms with Gasteiger partial charge in [0.05, 0.1) is 22.9 Å². The van der Waals surface area contributed by atoms with E-state index < -0.39 is 34.4 Å². The summed E-state index contributed by atoms with van der Waals surface area (Å²) in [5.41, 5.74) is 0.0362. The molecule has 0 spiro atoms. The molecular formula is C35H37F3N4O4S. The van der Waals surface area contributed by atoms with Gasteiger partial charge in [0.15, 0.2) is 5.11 Å². The number of esters is 1. The van der Waals surface area contributed by atoms with Crippen molar-refractivity contribution >= 4 is 46.3 Å². The highest BCUT2D eigenvalue weighted by Gasteiger charge is 2.50. The monoisotopic (exact) mass is 666 g/mol. The molecule has 1 fully saturated rings. The van der Waals surface area contributed by atoms with E-state index in [2.05, 4.69) is 5.32 Å². The molecule has 0 aromatic heterocycles. The Morgan fingerprint density at radius 3 is 2.13 bits per heavy atom. The first-order chi connectivity index (χ1) is 22.0. The third-order valence-corrected chi connectivity index (χ3v) is 7.75. The van der Waals surface area contributed by atoms with E-state index in [4.69, 9.17) is 27.0 Å². The van der Waals surface area contributed by atoms with Crippen molar-refractivity contribution in [3.8, 4) is 17.2 Å². The number of ether oxygens (including phenoxy) is 2. The lowest BCUT2D eigenvalue weighted by molar-refractivity contribution is -0.160. The maximum atomic E-state index is 13.6. The Labute approximate surface area is 278 Å². The number of nitrogens with zero attached hydrogens (tertiary/aromatic N) is 3. The molecule has 1 N–H and O–H groups in total. The fourth-order valence-electron chi connectivity index (χ4n) is 5.13. The molecule has 3 aromatic rings. The molecule has 0 aliphatic carbocycles. The lowest BCUT2D eigenvalue weighted by Crippen LogP contribution is -2.44. The van der Waals surface area contributed by atoms with Crippen molar-refractivity contribution in [1.82, 2.24) is 0 Å². The molecular weight excluding hydrogens is 629 g/mol. The first-order valence-electron chi connectivity index (χ1n) is 15.1. The lowest BCUT2D eigenvalue weighted by atomic mass is 10.0. The number of carbonyl (C=O) groups is 2. The Morgan fingerprint density at radius 1 is 0.957 bits per heavy atom. The number of hydrogen-bond acceptors (Lipinski definition) is 7. The Morgan fingerprint density at radius 2 is 1.55 bits per heavy atom. The predicted molar refractivity (Wildman–Crippen MR) is 179 cm³/mol. The second-order valence-electron chi connectivity index (χ2n) is 12.6. The number of halogens is 3.